The molecule has 0 amide bonds. The molecule has 3 aromatic rings. The van der Waals surface area contributed by atoms with Crippen LogP contribution in [0.1, 0.15) is 23.0 Å². The highest BCUT2D eigenvalue weighted by Gasteiger charge is 2.19. The van der Waals surface area contributed by atoms with E-state index in [-0.39, 0.29) is 5.78 Å². The highest BCUT2D eigenvalue weighted by atomic mass is 16.1. The summed E-state index contributed by atoms with van der Waals surface area (Å²) in [6, 6.07) is 20.3. The molecule has 0 saturated heterocycles. The monoisotopic (exact) mass is 262 g/mol. The highest BCUT2D eigenvalue weighted by Crippen LogP contribution is 2.16. The van der Waals surface area contributed by atoms with E-state index in [0.29, 0.717) is 6.54 Å². The fourth-order valence-corrected chi connectivity index (χ4v) is 2.56. The van der Waals surface area contributed by atoms with Crippen LogP contribution in [0.5, 0.6) is 0 Å². The SMILES string of the molecule is CC(=O)c1c2ccccc2cc[n+]1Cc1ccccc1. The number of pyridine rings is 1. The first-order chi connectivity index (χ1) is 9.75. The Hall–Kier alpha value is -2.48. The molecule has 0 radical (unpaired) electrons. The van der Waals surface area contributed by atoms with Gasteiger partial charge in [0.15, 0.2) is 12.7 Å². The minimum atomic E-state index is 0.0951. The van der Waals surface area contributed by atoms with Gasteiger partial charge in [0.2, 0.25) is 5.78 Å². The number of carbonyl (C=O) groups excluding carboxylic acids is 1. The first-order valence-corrected chi connectivity index (χ1v) is 6.72. The first kappa shape index (κ1) is 12.5. The molecule has 0 saturated carbocycles. The Balaban J connectivity index is 2.15. The van der Waals surface area contributed by atoms with E-state index in [1.165, 1.54) is 5.56 Å². The molecule has 0 aliphatic heterocycles. The van der Waals surface area contributed by atoms with Gasteiger partial charge >= 0.3 is 0 Å². The van der Waals surface area contributed by atoms with Crippen molar-refractivity contribution in [1.29, 1.82) is 0 Å². The number of aromatic nitrogens is 1. The molecule has 3 rings (SSSR count). The van der Waals surface area contributed by atoms with E-state index < -0.39 is 0 Å². The van der Waals surface area contributed by atoms with Gasteiger partial charge < -0.3 is 0 Å². The molecule has 20 heavy (non-hydrogen) atoms. The molecular weight excluding hydrogens is 246 g/mol. The zero-order valence-electron chi connectivity index (χ0n) is 11.4. The molecule has 0 spiro atoms. The number of benzene rings is 2. The number of carbonyl (C=O) groups is 1. The second-order valence-electron chi connectivity index (χ2n) is 4.92. The summed E-state index contributed by atoms with van der Waals surface area (Å²) in [6.45, 7) is 2.34. The lowest BCUT2D eigenvalue weighted by molar-refractivity contribution is -0.688. The molecule has 2 heteroatoms. The smallest absolute Gasteiger partial charge is 0.256 e. The van der Waals surface area contributed by atoms with Gasteiger partial charge in [-0.05, 0) is 11.5 Å². The van der Waals surface area contributed by atoms with Crippen molar-refractivity contribution in [3.63, 3.8) is 0 Å². The Morgan fingerprint density at radius 2 is 1.65 bits per heavy atom. The molecule has 0 aliphatic carbocycles. The van der Waals surface area contributed by atoms with Crippen molar-refractivity contribution in [2.24, 2.45) is 0 Å². The zero-order chi connectivity index (χ0) is 13.9. The molecule has 1 heterocycles. The van der Waals surface area contributed by atoms with Crippen molar-refractivity contribution < 1.29 is 9.36 Å². The Labute approximate surface area is 118 Å². The second-order valence-corrected chi connectivity index (χ2v) is 4.92. The van der Waals surface area contributed by atoms with E-state index in [2.05, 4.69) is 18.2 Å². The van der Waals surface area contributed by atoms with Crippen LogP contribution in [0, 0.1) is 0 Å². The third-order valence-corrected chi connectivity index (χ3v) is 3.47. The molecule has 0 fully saturated rings. The van der Waals surface area contributed by atoms with Gasteiger partial charge in [0, 0.05) is 18.6 Å². The molecule has 0 N–H and O–H groups in total. The Bertz CT molecular complexity index is 763. The molecule has 2 aromatic carbocycles. The van der Waals surface area contributed by atoms with Gasteiger partial charge in [-0.25, -0.2) is 0 Å². The van der Waals surface area contributed by atoms with Crippen molar-refractivity contribution in [2.45, 2.75) is 13.5 Å². The van der Waals surface area contributed by atoms with E-state index >= 15 is 0 Å². The predicted molar refractivity (Wildman–Crippen MR) is 79.7 cm³/mol. The van der Waals surface area contributed by atoms with Crippen molar-refractivity contribution in [2.75, 3.05) is 0 Å². The van der Waals surface area contributed by atoms with Crippen LogP contribution in [0.3, 0.4) is 0 Å². The number of fused-ring (bicyclic) bond motifs is 1. The van der Waals surface area contributed by atoms with Crippen molar-refractivity contribution >= 4 is 16.6 Å². The maximum absolute atomic E-state index is 12.0. The van der Waals surface area contributed by atoms with Crippen LogP contribution in [0.25, 0.3) is 10.8 Å². The minimum Gasteiger partial charge on any atom is -0.288 e. The van der Waals surface area contributed by atoms with Crippen molar-refractivity contribution in [3.8, 4) is 0 Å². The Kier molecular flexibility index (Phi) is 3.30. The van der Waals surface area contributed by atoms with Crippen LogP contribution >= 0.6 is 0 Å². The van der Waals surface area contributed by atoms with Crippen LogP contribution in [-0.2, 0) is 6.54 Å². The number of hydrogen-bond acceptors (Lipinski definition) is 1. The summed E-state index contributed by atoms with van der Waals surface area (Å²) in [4.78, 5) is 12.0. The highest BCUT2D eigenvalue weighted by molar-refractivity contribution is 6.03. The fraction of sp³-hybridized carbons (Fsp3) is 0.111. The first-order valence-electron chi connectivity index (χ1n) is 6.72. The number of hydrogen-bond donors (Lipinski definition) is 0. The van der Waals surface area contributed by atoms with Crippen LogP contribution in [0.15, 0.2) is 66.9 Å². The van der Waals surface area contributed by atoms with Crippen LogP contribution in [-0.4, -0.2) is 5.78 Å². The van der Waals surface area contributed by atoms with Crippen LogP contribution in [0.2, 0.25) is 0 Å². The van der Waals surface area contributed by atoms with E-state index in [4.69, 9.17) is 0 Å². The van der Waals surface area contributed by atoms with E-state index in [0.717, 1.165) is 16.5 Å². The summed E-state index contributed by atoms with van der Waals surface area (Å²) in [6.07, 6.45) is 1.99. The molecule has 98 valence electrons. The number of nitrogens with zero attached hydrogens (tertiary/aromatic N) is 1. The average molecular weight is 262 g/mol. The van der Waals surface area contributed by atoms with Gasteiger partial charge in [-0.3, -0.25) is 4.79 Å². The third-order valence-electron chi connectivity index (χ3n) is 3.47. The lowest BCUT2D eigenvalue weighted by Crippen LogP contribution is -2.40. The maximum Gasteiger partial charge on any atom is 0.256 e. The van der Waals surface area contributed by atoms with E-state index in [1.54, 1.807) is 6.92 Å². The number of ketones is 1. The lowest BCUT2D eigenvalue weighted by Gasteiger charge is -2.05. The van der Waals surface area contributed by atoms with E-state index in [9.17, 15) is 4.79 Å². The molecule has 0 atom stereocenters. The maximum atomic E-state index is 12.0. The van der Waals surface area contributed by atoms with Crippen LogP contribution in [0.4, 0.5) is 0 Å². The summed E-state index contributed by atoms with van der Waals surface area (Å²) in [5.41, 5.74) is 1.96. The van der Waals surface area contributed by atoms with Gasteiger partial charge in [0.25, 0.3) is 5.69 Å². The Morgan fingerprint density at radius 3 is 2.40 bits per heavy atom. The lowest BCUT2D eigenvalue weighted by atomic mass is 10.1. The third kappa shape index (κ3) is 2.32. The summed E-state index contributed by atoms with van der Waals surface area (Å²) in [7, 11) is 0. The zero-order valence-corrected chi connectivity index (χ0v) is 11.4. The normalized spacial score (nSPS) is 10.7. The van der Waals surface area contributed by atoms with Gasteiger partial charge in [-0.2, -0.15) is 4.57 Å². The average Bonchev–Trinajstić information content (AvgIpc) is 2.47. The molecule has 0 unspecified atom stereocenters. The molecule has 0 aliphatic rings. The summed E-state index contributed by atoms with van der Waals surface area (Å²) in [5, 5.41) is 2.11. The quantitative estimate of drug-likeness (QED) is 0.523. The number of rotatable bonds is 3. The summed E-state index contributed by atoms with van der Waals surface area (Å²) >= 11 is 0. The van der Waals surface area contributed by atoms with Crippen molar-refractivity contribution in [1.82, 2.24) is 0 Å². The summed E-state index contributed by atoms with van der Waals surface area (Å²) in [5.74, 6) is 0.0951. The van der Waals surface area contributed by atoms with E-state index in [1.807, 2.05) is 53.2 Å². The Morgan fingerprint density at radius 1 is 0.950 bits per heavy atom. The van der Waals surface area contributed by atoms with Crippen molar-refractivity contribution in [3.05, 3.63) is 78.1 Å². The minimum absolute atomic E-state index is 0.0951. The second kappa shape index (κ2) is 5.25. The standard InChI is InChI=1S/C18H16NO/c1-14(20)18-17-10-6-5-9-16(17)11-12-19(18)13-15-7-3-2-4-8-15/h2-12H,13H2,1H3/q+1. The van der Waals surface area contributed by atoms with Crippen LogP contribution < -0.4 is 4.57 Å². The van der Waals surface area contributed by atoms with Gasteiger partial charge in [-0.15, -0.1) is 0 Å². The predicted octanol–water partition coefficient (Wildman–Crippen LogP) is 3.38. The van der Waals surface area contributed by atoms with Gasteiger partial charge in [0.1, 0.15) is 0 Å². The summed E-state index contributed by atoms with van der Waals surface area (Å²) < 4.78 is 2.03. The number of Topliss-reactive ketones (excluding diaryl/α,β-unsaturated/α-hetero) is 1. The largest absolute Gasteiger partial charge is 0.288 e. The topological polar surface area (TPSA) is 20.9 Å². The molecule has 0 bridgehead atoms. The molecule has 1 aromatic heterocycles. The fourth-order valence-electron chi connectivity index (χ4n) is 2.56. The molecule has 2 nitrogen and oxygen atoms in total. The van der Waals surface area contributed by atoms with Gasteiger partial charge in [-0.1, -0.05) is 48.5 Å². The van der Waals surface area contributed by atoms with Gasteiger partial charge in [0.05, 0.1) is 5.39 Å². The molecular formula is C18H16NO+.